The van der Waals surface area contributed by atoms with E-state index in [4.69, 9.17) is 9.05 Å². The Morgan fingerprint density at radius 3 is 2.00 bits per heavy atom. The lowest BCUT2D eigenvalue weighted by atomic mass is 10.3. The molecule has 3 atom stereocenters. The van der Waals surface area contributed by atoms with Crippen molar-refractivity contribution in [2.75, 3.05) is 33.7 Å². The van der Waals surface area contributed by atoms with Gasteiger partial charge in [-0.05, 0) is 6.42 Å². The standard InChI is InChI=1S/C9H22O4P2/c1-6-7-9(15(5,11)13-3)8-14(4,10)12-2/h9H,6-8H2,1-5H3/t9?,14?,15-/m1/s1. The van der Waals surface area contributed by atoms with Crippen LogP contribution in [0.25, 0.3) is 0 Å². The second-order valence-electron chi connectivity index (χ2n) is 3.91. The third-order valence-corrected chi connectivity index (χ3v) is 7.23. The quantitative estimate of drug-likeness (QED) is 0.656. The molecule has 0 aliphatic heterocycles. The lowest BCUT2D eigenvalue weighted by Crippen LogP contribution is -2.15. The summed E-state index contributed by atoms with van der Waals surface area (Å²) in [6.07, 6.45) is 1.98. The molecule has 0 aliphatic rings. The molecule has 0 aromatic carbocycles. The molecule has 0 N–H and O–H groups in total. The lowest BCUT2D eigenvalue weighted by molar-refractivity contribution is 0.377. The van der Waals surface area contributed by atoms with Gasteiger partial charge >= 0.3 is 0 Å². The van der Waals surface area contributed by atoms with E-state index in [0.29, 0.717) is 6.16 Å². The molecule has 0 spiro atoms. The largest absolute Gasteiger partial charge is 0.332 e. The summed E-state index contributed by atoms with van der Waals surface area (Å²) < 4.78 is 33.9. The first kappa shape index (κ1) is 15.4. The highest BCUT2D eigenvalue weighted by Crippen LogP contribution is 2.55. The van der Waals surface area contributed by atoms with Crippen LogP contribution >= 0.6 is 14.7 Å². The maximum absolute atomic E-state index is 12.1. The normalized spacial score (nSPS) is 21.7. The summed E-state index contributed by atoms with van der Waals surface area (Å²) >= 11 is 0. The van der Waals surface area contributed by atoms with Crippen LogP contribution in [-0.4, -0.2) is 39.4 Å². The first-order valence-electron chi connectivity index (χ1n) is 5.04. The molecule has 0 rings (SSSR count). The molecule has 0 radical (unpaired) electrons. The van der Waals surface area contributed by atoms with E-state index >= 15 is 0 Å². The Labute approximate surface area is 92.6 Å². The number of rotatable bonds is 7. The van der Waals surface area contributed by atoms with Crippen molar-refractivity contribution in [3.05, 3.63) is 0 Å². The average Bonchev–Trinajstić information content (AvgIpc) is 2.17. The fraction of sp³-hybridized carbons (Fsp3) is 1.00. The van der Waals surface area contributed by atoms with Gasteiger partial charge in [0.05, 0.1) is 0 Å². The molecular formula is C9H22O4P2. The van der Waals surface area contributed by atoms with Crippen LogP contribution < -0.4 is 0 Å². The van der Waals surface area contributed by atoms with Gasteiger partial charge in [0.2, 0.25) is 14.7 Å². The van der Waals surface area contributed by atoms with Crippen molar-refractivity contribution in [1.82, 2.24) is 0 Å². The van der Waals surface area contributed by atoms with Crippen molar-refractivity contribution in [2.45, 2.75) is 25.4 Å². The summed E-state index contributed by atoms with van der Waals surface area (Å²) in [5.41, 5.74) is -0.164. The highest BCUT2D eigenvalue weighted by molar-refractivity contribution is 7.62. The molecule has 4 nitrogen and oxygen atoms in total. The molecule has 0 amide bonds. The molecule has 0 heterocycles. The molecule has 15 heavy (non-hydrogen) atoms. The number of hydrogen-bond acceptors (Lipinski definition) is 4. The predicted octanol–water partition coefficient (Wildman–Crippen LogP) is 3.26. The molecule has 0 fully saturated rings. The van der Waals surface area contributed by atoms with Crippen LogP contribution in [0.1, 0.15) is 19.8 Å². The van der Waals surface area contributed by atoms with Crippen molar-refractivity contribution >= 4 is 14.7 Å². The highest BCUT2D eigenvalue weighted by Gasteiger charge is 2.32. The van der Waals surface area contributed by atoms with Crippen LogP contribution in [0.2, 0.25) is 0 Å². The summed E-state index contributed by atoms with van der Waals surface area (Å²) in [6, 6.07) is 0. The van der Waals surface area contributed by atoms with Gasteiger partial charge in [0.1, 0.15) is 0 Å². The predicted molar refractivity (Wildman–Crippen MR) is 64.6 cm³/mol. The van der Waals surface area contributed by atoms with Gasteiger partial charge in [0.25, 0.3) is 0 Å². The van der Waals surface area contributed by atoms with Gasteiger partial charge in [0, 0.05) is 39.4 Å². The van der Waals surface area contributed by atoms with Crippen LogP contribution in [0.4, 0.5) is 0 Å². The highest BCUT2D eigenvalue weighted by atomic mass is 31.2. The molecular weight excluding hydrogens is 234 g/mol. The summed E-state index contributed by atoms with van der Waals surface area (Å²) in [6.45, 7) is 5.18. The van der Waals surface area contributed by atoms with E-state index in [0.717, 1.165) is 12.8 Å². The van der Waals surface area contributed by atoms with Gasteiger partial charge < -0.3 is 9.05 Å². The van der Waals surface area contributed by atoms with Crippen molar-refractivity contribution < 1.29 is 18.2 Å². The second kappa shape index (κ2) is 6.20. The minimum absolute atomic E-state index is 0.164. The van der Waals surface area contributed by atoms with E-state index in [1.165, 1.54) is 14.2 Å². The lowest BCUT2D eigenvalue weighted by Gasteiger charge is -2.24. The van der Waals surface area contributed by atoms with E-state index in [9.17, 15) is 9.13 Å². The molecule has 0 aromatic rings. The fourth-order valence-electron chi connectivity index (χ4n) is 1.41. The smallest absolute Gasteiger partial charge is 0.203 e. The SMILES string of the molecule is CCCC(CP(C)(=O)OC)[P@](C)(=O)OC. The average molecular weight is 256 g/mol. The molecule has 0 aromatic heterocycles. The summed E-state index contributed by atoms with van der Waals surface area (Å²) in [7, 11) is -2.41. The van der Waals surface area contributed by atoms with Crippen LogP contribution in [0.5, 0.6) is 0 Å². The topological polar surface area (TPSA) is 52.6 Å². The molecule has 92 valence electrons. The second-order valence-corrected chi connectivity index (χ2v) is 9.58. The van der Waals surface area contributed by atoms with E-state index < -0.39 is 14.7 Å². The third-order valence-electron chi connectivity index (χ3n) is 2.58. The van der Waals surface area contributed by atoms with Gasteiger partial charge in [-0.1, -0.05) is 13.3 Å². The molecule has 0 saturated heterocycles. The van der Waals surface area contributed by atoms with Gasteiger partial charge in [-0.3, -0.25) is 9.13 Å². The molecule has 0 saturated carbocycles. The molecule has 2 unspecified atom stereocenters. The van der Waals surface area contributed by atoms with Gasteiger partial charge in [-0.25, -0.2) is 0 Å². The fourth-order valence-corrected chi connectivity index (χ4v) is 5.61. The van der Waals surface area contributed by atoms with Crippen molar-refractivity contribution in [2.24, 2.45) is 0 Å². The first-order chi connectivity index (χ1) is 6.79. The first-order valence-corrected chi connectivity index (χ1v) is 9.44. The van der Waals surface area contributed by atoms with Crippen molar-refractivity contribution in [3.63, 3.8) is 0 Å². The zero-order valence-corrected chi connectivity index (χ0v) is 12.0. The van der Waals surface area contributed by atoms with E-state index in [1.54, 1.807) is 13.3 Å². The van der Waals surface area contributed by atoms with Crippen molar-refractivity contribution in [3.8, 4) is 0 Å². The third kappa shape index (κ3) is 5.31. The summed E-state index contributed by atoms with van der Waals surface area (Å²) in [4.78, 5) is 0. The Morgan fingerprint density at radius 2 is 1.67 bits per heavy atom. The van der Waals surface area contributed by atoms with E-state index in [2.05, 4.69) is 0 Å². The maximum Gasteiger partial charge on any atom is 0.203 e. The van der Waals surface area contributed by atoms with Crippen LogP contribution in [0.15, 0.2) is 0 Å². The minimum atomic E-state index is -2.66. The van der Waals surface area contributed by atoms with Crippen molar-refractivity contribution in [1.29, 1.82) is 0 Å². The zero-order valence-electron chi connectivity index (χ0n) is 10.2. The zero-order chi connectivity index (χ0) is 12.1. The summed E-state index contributed by atoms with van der Waals surface area (Å²) in [5.74, 6) is 0. The monoisotopic (exact) mass is 256 g/mol. The minimum Gasteiger partial charge on any atom is -0.332 e. The molecule has 0 bridgehead atoms. The van der Waals surface area contributed by atoms with Gasteiger partial charge in [0.15, 0.2) is 0 Å². The molecule has 6 heteroatoms. The maximum atomic E-state index is 12.1. The van der Waals surface area contributed by atoms with E-state index in [-0.39, 0.29) is 5.66 Å². The summed E-state index contributed by atoms with van der Waals surface area (Å²) in [5, 5.41) is 0. The van der Waals surface area contributed by atoms with Crippen LogP contribution in [0.3, 0.4) is 0 Å². The molecule has 0 aliphatic carbocycles. The Balaban J connectivity index is 4.69. The Hall–Kier alpha value is 0.380. The van der Waals surface area contributed by atoms with Crippen LogP contribution in [-0.2, 0) is 18.2 Å². The van der Waals surface area contributed by atoms with Crippen LogP contribution in [0, 0.1) is 0 Å². The Kier molecular flexibility index (Phi) is 6.36. The Bertz CT molecular complexity index is 277. The van der Waals surface area contributed by atoms with E-state index in [1.807, 2.05) is 6.92 Å². The van der Waals surface area contributed by atoms with Gasteiger partial charge in [-0.2, -0.15) is 0 Å². The number of hydrogen-bond donors (Lipinski definition) is 0. The Morgan fingerprint density at radius 1 is 1.13 bits per heavy atom. The van der Waals surface area contributed by atoms with Gasteiger partial charge in [-0.15, -0.1) is 0 Å².